The third-order valence-electron chi connectivity index (χ3n) is 4.61. The monoisotopic (exact) mass is 402 g/mol. The normalized spacial score (nSPS) is 14.9. The molecule has 1 N–H and O–H groups in total. The summed E-state index contributed by atoms with van der Waals surface area (Å²) < 4.78 is 0. The smallest absolute Gasteiger partial charge is 0.335 e. The summed E-state index contributed by atoms with van der Waals surface area (Å²) >= 11 is 6.20. The zero-order valence-corrected chi connectivity index (χ0v) is 16.7. The molecule has 0 saturated heterocycles. The fourth-order valence-corrected chi connectivity index (χ4v) is 3.43. The standard InChI is InChI=1S/C20H23ClN4O3/c1-23(2)7-8-25-18-4-3-16(21)9-15(18)11-24(13-19(25)26)12-17-10-14(20(27)28)5-6-22-17/h3-6,9-10H,7-8,11-13H2,1-2H3,(H,27,28). The van der Waals surface area contributed by atoms with E-state index in [1.165, 1.54) is 12.3 Å². The lowest BCUT2D eigenvalue weighted by Crippen LogP contribution is -2.40. The number of carboxylic acids is 1. The molecule has 1 aliphatic rings. The molecule has 7 nitrogen and oxygen atoms in total. The molecule has 0 spiro atoms. The number of aromatic carboxylic acids is 1. The number of fused-ring (bicyclic) bond motifs is 1. The lowest BCUT2D eigenvalue weighted by atomic mass is 10.1. The van der Waals surface area contributed by atoms with Crippen LogP contribution in [0.25, 0.3) is 0 Å². The first kappa shape index (κ1) is 20.3. The maximum Gasteiger partial charge on any atom is 0.335 e. The molecule has 28 heavy (non-hydrogen) atoms. The summed E-state index contributed by atoms with van der Waals surface area (Å²) in [4.78, 5) is 34.2. The van der Waals surface area contributed by atoms with Crippen molar-refractivity contribution in [3.05, 3.63) is 58.4 Å². The van der Waals surface area contributed by atoms with Crippen LogP contribution in [0.4, 0.5) is 5.69 Å². The van der Waals surface area contributed by atoms with E-state index in [-0.39, 0.29) is 18.0 Å². The molecule has 3 rings (SSSR count). The molecule has 0 radical (unpaired) electrons. The van der Waals surface area contributed by atoms with Gasteiger partial charge in [0, 0.05) is 43.1 Å². The Hall–Kier alpha value is -2.48. The Balaban J connectivity index is 1.87. The van der Waals surface area contributed by atoms with E-state index < -0.39 is 5.97 Å². The van der Waals surface area contributed by atoms with Crippen molar-refractivity contribution in [1.82, 2.24) is 14.8 Å². The maximum absolute atomic E-state index is 13.0. The minimum absolute atomic E-state index is 0.00249. The highest BCUT2D eigenvalue weighted by Gasteiger charge is 2.26. The Morgan fingerprint density at radius 3 is 2.75 bits per heavy atom. The number of benzene rings is 1. The Morgan fingerprint density at radius 2 is 2.04 bits per heavy atom. The molecule has 2 heterocycles. The van der Waals surface area contributed by atoms with Crippen LogP contribution in [0.2, 0.25) is 5.02 Å². The maximum atomic E-state index is 13.0. The van der Waals surface area contributed by atoms with E-state index in [1.807, 2.05) is 36.0 Å². The van der Waals surface area contributed by atoms with Crippen LogP contribution in [0.15, 0.2) is 36.5 Å². The number of halogens is 1. The number of anilines is 1. The van der Waals surface area contributed by atoms with Crippen LogP contribution in [0.1, 0.15) is 21.6 Å². The first-order valence-corrected chi connectivity index (χ1v) is 9.35. The summed E-state index contributed by atoms with van der Waals surface area (Å²) in [5.41, 5.74) is 2.62. The summed E-state index contributed by atoms with van der Waals surface area (Å²) in [6.45, 7) is 2.45. The Bertz CT molecular complexity index is 888. The molecular weight excluding hydrogens is 380 g/mol. The van der Waals surface area contributed by atoms with Crippen molar-refractivity contribution in [2.45, 2.75) is 13.1 Å². The van der Waals surface area contributed by atoms with Crippen molar-refractivity contribution in [1.29, 1.82) is 0 Å². The molecule has 1 aromatic heterocycles. The van der Waals surface area contributed by atoms with Crippen LogP contribution >= 0.6 is 11.6 Å². The molecule has 148 valence electrons. The predicted octanol–water partition coefficient (Wildman–Crippen LogP) is 2.34. The highest BCUT2D eigenvalue weighted by Crippen LogP contribution is 2.29. The van der Waals surface area contributed by atoms with Crippen molar-refractivity contribution in [3.8, 4) is 0 Å². The van der Waals surface area contributed by atoms with Gasteiger partial charge in [-0.15, -0.1) is 0 Å². The van der Waals surface area contributed by atoms with Crippen LogP contribution in [-0.4, -0.2) is 65.5 Å². The van der Waals surface area contributed by atoms with E-state index in [0.29, 0.717) is 30.4 Å². The summed E-state index contributed by atoms with van der Waals surface area (Å²) in [7, 11) is 3.94. The lowest BCUT2D eigenvalue weighted by molar-refractivity contribution is -0.119. The van der Waals surface area contributed by atoms with Gasteiger partial charge in [0.25, 0.3) is 0 Å². The molecular formula is C20H23ClN4O3. The predicted molar refractivity (Wildman–Crippen MR) is 108 cm³/mol. The second kappa shape index (κ2) is 8.68. The first-order valence-electron chi connectivity index (χ1n) is 8.97. The quantitative estimate of drug-likeness (QED) is 0.799. The van der Waals surface area contributed by atoms with Gasteiger partial charge in [-0.05, 0) is 50.0 Å². The Labute approximate surface area is 169 Å². The van der Waals surface area contributed by atoms with Crippen molar-refractivity contribution < 1.29 is 14.7 Å². The van der Waals surface area contributed by atoms with E-state index in [0.717, 1.165) is 17.8 Å². The minimum atomic E-state index is -0.998. The minimum Gasteiger partial charge on any atom is -0.478 e. The zero-order valence-electron chi connectivity index (χ0n) is 15.9. The number of carbonyl (C=O) groups is 2. The fourth-order valence-electron chi connectivity index (χ4n) is 3.24. The van der Waals surface area contributed by atoms with E-state index in [9.17, 15) is 14.7 Å². The second-order valence-corrected chi connectivity index (χ2v) is 7.54. The number of hydrogen-bond acceptors (Lipinski definition) is 5. The van der Waals surface area contributed by atoms with Crippen LogP contribution in [0.3, 0.4) is 0 Å². The number of carbonyl (C=O) groups excluding carboxylic acids is 1. The molecule has 0 unspecified atom stereocenters. The van der Waals surface area contributed by atoms with E-state index in [1.54, 1.807) is 17.0 Å². The van der Waals surface area contributed by atoms with Crippen LogP contribution < -0.4 is 4.90 Å². The van der Waals surface area contributed by atoms with Crippen molar-refractivity contribution in [3.63, 3.8) is 0 Å². The van der Waals surface area contributed by atoms with Gasteiger partial charge < -0.3 is 14.9 Å². The molecule has 2 aromatic rings. The number of nitrogens with zero attached hydrogens (tertiary/aromatic N) is 4. The molecule has 0 saturated carbocycles. The van der Waals surface area contributed by atoms with Crippen molar-refractivity contribution in [2.24, 2.45) is 0 Å². The number of likely N-dealkylation sites (N-methyl/N-ethyl adjacent to an activating group) is 1. The highest BCUT2D eigenvalue weighted by atomic mass is 35.5. The van der Waals surface area contributed by atoms with Crippen LogP contribution in [0.5, 0.6) is 0 Å². The van der Waals surface area contributed by atoms with Crippen LogP contribution in [0, 0.1) is 0 Å². The summed E-state index contributed by atoms with van der Waals surface area (Å²) in [5, 5.41) is 9.80. The van der Waals surface area contributed by atoms with Gasteiger partial charge in [0.15, 0.2) is 0 Å². The average Bonchev–Trinajstić information content (AvgIpc) is 2.75. The largest absolute Gasteiger partial charge is 0.478 e. The van der Waals surface area contributed by atoms with Crippen molar-refractivity contribution in [2.75, 3.05) is 38.6 Å². The second-order valence-electron chi connectivity index (χ2n) is 7.11. The van der Waals surface area contributed by atoms with Gasteiger partial charge in [-0.3, -0.25) is 14.7 Å². The van der Waals surface area contributed by atoms with Crippen molar-refractivity contribution >= 4 is 29.2 Å². The molecule has 0 atom stereocenters. The third-order valence-corrected chi connectivity index (χ3v) is 4.84. The Morgan fingerprint density at radius 1 is 1.25 bits per heavy atom. The number of hydrogen-bond donors (Lipinski definition) is 1. The zero-order chi connectivity index (χ0) is 20.3. The Kier molecular flexibility index (Phi) is 6.28. The lowest BCUT2D eigenvalue weighted by Gasteiger charge is -2.24. The van der Waals surface area contributed by atoms with E-state index in [4.69, 9.17) is 11.6 Å². The highest BCUT2D eigenvalue weighted by molar-refractivity contribution is 6.30. The number of carboxylic acid groups (broad SMARTS) is 1. The molecule has 0 bridgehead atoms. The van der Waals surface area contributed by atoms with Gasteiger partial charge >= 0.3 is 5.97 Å². The summed E-state index contributed by atoms with van der Waals surface area (Å²) in [6.07, 6.45) is 1.48. The topological polar surface area (TPSA) is 77.0 Å². The molecule has 0 fully saturated rings. The molecule has 1 aliphatic heterocycles. The number of rotatable bonds is 6. The van der Waals surface area contributed by atoms with Gasteiger partial charge in [0.2, 0.25) is 5.91 Å². The number of amides is 1. The third kappa shape index (κ3) is 4.86. The SMILES string of the molecule is CN(C)CCN1C(=O)CN(Cc2cc(C(=O)O)ccn2)Cc2cc(Cl)ccc21. The molecule has 0 aliphatic carbocycles. The summed E-state index contributed by atoms with van der Waals surface area (Å²) in [5.74, 6) is -1.00. The van der Waals surface area contributed by atoms with E-state index >= 15 is 0 Å². The molecule has 1 amide bonds. The van der Waals surface area contributed by atoms with Crippen LogP contribution in [-0.2, 0) is 17.9 Å². The first-order chi connectivity index (χ1) is 13.3. The van der Waals surface area contributed by atoms with Gasteiger partial charge in [-0.2, -0.15) is 0 Å². The van der Waals surface area contributed by atoms with E-state index in [2.05, 4.69) is 4.98 Å². The van der Waals surface area contributed by atoms with Gasteiger partial charge in [0.05, 0.1) is 17.8 Å². The summed E-state index contributed by atoms with van der Waals surface area (Å²) in [6, 6.07) is 8.56. The number of aromatic nitrogens is 1. The average molecular weight is 403 g/mol. The molecule has 8 heteroatoms. The number of pyridine rings is 1. The van der Waals surface area contributed by atoms with Gasteiger partial charge in [-0.1, -0.05) is 11.6 Å². The van der Waals surface area contributed by atoms with Gasteiger partial charge in [0.1, 0.15) is 0 Å². The fraction of sp³-hybridized carbons (Fsp3) is 0.350. The van der Waals surface area contributed by atoms with Gasteiger partial charge in [-0.25, -0.2) is 4.79 Å². The molecule has 1 aromatic carbocycles.